The molecule has 1 atom stereocenters. The van der Waals surface area contributed by atoms with Crippen LogP contribution in [0.25, 0.3) is 0 Å². The highest BCUT2D eigenvalue weighted by atomic mass is 35.5. The predicted molar refractivity (Wildman–Crippen MR) is 125 cm³/mol. The predicted octanol–water partition coefficient (Wildman–Crippen LogP) is 6.01. The number of allylic oxidation sites excluding steroid dienone is 1. The minimum Gasteiger partial charge on any atom is -0.457 e. The number of esters is 1. The Morgan fingerprint density at radius 2 is 1.73 bits per heavy atom. The summed E-state index contributed by atoms with van der Waals surface area (Å²) in [6.45, 7) is 2.03. The molecule has 3 aromatic rings. The van der Waals surface area contributed by atoms with E-state index in [0.717, 1.165) is 11.1 Å². The minimum absolute atomic E-state index is 0.101. The van der Waals surface area contributed by atoms with E-state index >= 15 is 0 Å². The van der Waals surface area contributed by atoms with Crippen molar-refractivity contribution in [1.29, 1.82) is 0 Å². The molecular formula is C27H23ClFNO3. The van der Waals surface area contributed by atoms with Crippen LogP contribution in [0.2, 0.25) is 5.02 Å². The Kier molecular flexibility index (Phi) is 6.90. The Morgan fingerprint density at radius 3 is 2.42 bits per heavy atom. The first-order valence-electron chi connectivity index (χ1n) is 10.6. The zero-order chi connectivity index (χ0) is 23.4. The Balaban J connectivity index is 1.68. The molecule has 33 heavy (non-hydrogen) atoms. The minimum atomic E-state index is -0.479. The number of amides is 1. The molecule has 3 aromatic carbocycles. The van der Waals surface area contributed by atoms with E-state index in [1.807, 2.05) is 42.5 Å². The summed E-state index contributed by atoms with van der Waals surface area (Å²) < 4.78 is 19.3. The Bertz CT molecular complexity index is 1190. The van der Waals surface area contributed by atoms with Gasteiger partial charge in [-0.25, -0.2) is 9.18 Å². The highest BCUT2D eigenvalue weighted by molar-refractivity contribution is 6.30. The van der Waals surface area contributed by atoms with E-state index in [0.29, 0.717) is 21.9 Å². The van der Waals surface area contributed by atoms with Gasteiger partial charge in [-0.2, -0.15) is 0 Å². The molecule has 1 unspecified atom stereocenters. The molecule has 1 amide bonds. The smallest absolute Gasteiger partial charge is 0.336 e. The molecule has 4 nitrogen and oxygen atoms in total. The molecule has 1 aliphatic heterocycles. The maximum Gasteiger partial charge on any atom is 0.336 e. The first-order valence-corrected chi connectivity index (χ1v) is 11.0. The average molecular weight is 464 g/mol. The lowest BCUT2D eigenvalue weighted by atomic mass is 9.83. The lowest BCUT2D eigenvalue weighted by Crippen LogP contribution is -2.38. The third-order valence-electron chi connectivity index (χ3n) is 5.76. The molecule has 168 valence electrons. The first kappa shape index (κ1) is 22.7. The summed E-state index contributed by atoms with van der Waals surface area (Å²) in [5, 5.41) is 0.572. The number of carbonyl (C=O) groups excluding carboxylic acids is 2. The van der Waals surface area contributed by atoms with Gasteiger partial charge >= 0.3 is 5.97 Å². The molecule has 0 saturated carbocycles. The highest BCUT2D eigenvalue weighted by Crippen LogP contribution is 2.38. The maximum absolute atomic E-state index is 13.7. The van der Waals surface area contributed by atoms with Gasteiger partial charge in [-0.05, 0) is 47.9 Å². The molecule has 6 heteroatoms. The van der Waals surface area contributed by atoms with Crippen LogP contribution in [0.4, 0.5) is 4.39 Å². The number of halogens is 2. The van der Waals surface area contributed by atoms with E-state index in [-0.39, 0.29) is 31.3 Å². The van der Waals surface area contributed by atoms with Crippen molar-refractivity contribution >= 4 is 23.5 Å². The number of carbonyl (C=O) groups is 2. The Labute approximate surface area is 197 Å². The van der Waals surface area contributed by atoms with Crippen molar-refractivity contribution in [2.45, 2.75) is 32.4 Å². The molecular weight excluding hydrogens is 441 g/mol. The zero-order valence-electron chi connectivity index (χ0n) is 18.1. The number of hydrogen-bond donors (Lipinski definition) is 0. The van der Waals surface area contributed by atoms with Crippen molar-refractivity contribution < 1.29 is 18.7 Å². The van der Waals surface area contributed by atoms with E-state index in [2.05, 4.69) is 0 Å². The van der Waals surface area contributed by atoms with Gasteiger partial charge in [0.2, 0.25) is 5.91 Å². The van der Waals surface area contributed by atoms with Crippen molar-refractivity contribution in [3.63, 3.8) is 0 Å². The zero-order valence-corrected chi connectivity index (χ0v) is 18.9. The van der Waals surface area contributed by atoms with E-state index in [4.69, 9.17) is 16.3 Å². The van der Waals surface area contributed by atoms with Crippen LogP contribution in [0.1, 0.15) is 36.0 Å². The van der Waals surface area contributed by atoms with Crippen LogP contribution < -0.4 is 0 Å². The van der Waals surface area contributed by atoms with Gasteiger partial charge in [0.15, 0.2) is 0 Å². The summed E-state index contributed by atoms with van der Waals surface area (Å²) in [7, 11) is 0. The SMILES string of the molecule is CC1=C(C(=O)OCc2ccccc2)C(c2ccc(Cl)cc2)CC(=O)N1Cc1cccc(F)c1. The van der Waals surface area contributed by atoms with E-state index in [9.17, 15) is 14.0 Å². The van der Waals surface area contributed by atoms with Crippen molar-refractivity contribution in [1.82, 2.24) is 4.90 Å². The Hall–Kier alpha value is -3.44. The second-order valence-electron chi connectivity index (χ2n) is 7.98. The van der Waals surface area contributed by atoms with Crippen LogP contribution in [0.5, 0.6) is 0 Å². The van der Waals surface area contributed by atoms with Gasteiger partial charge in [-0.3, -0.25) is 4.79 Å². The second-order valence-corrected chi connectivity index (χ2v) is 8.42. The number of rotatable bonds is 6. The molecule has 0 spiro atoms. The normalized spacial score (nSPS) is 16.2. The molecule has 0 bridgehead atoms. The van der Waals surface area contributed by atoms with Crippen molar-refractivity contribution in [3.05, 3.63) is 118 Å². The summed E-state index contributed by atoms with van der Waals surface area (Å²) in [4.78, 5) is 27.9. The van der Waals surface area contributed by atoms with Gasteiger partial charge in [0, 0.05) is 23.1 Å². The van der Waals surface area contributed by atoms with Gasteiger partial charge in [-0.1, -0.05) is 66.2 Å². The van der Waals surface area contributed by atoms with Crippen molar-refractivity contribution in [2.75, 3.05) is 0 Å². The molecule has 0 aromatic heterocycles. The van der Waals surface area contributed by atoms with Crippen LogP contribution in [0.3, 0.4) is 0 Å². The number of nitrogens with zero attached hydrogens (tertiary/aromatic N) is 1. The summed E-state index contributed by atoms with van der Waals surface area (Å²) in [5.74, 6) is -1.45. The van der Waals surface area contributed by atoms with Crippen molar-refractivity contribution in [3.8, 4) is 0 Å². The molecule has 0 N–H and O–H groups in total. The third-order valence-corrected chi connectivity index (χ3v) is 6.01. The standard InChI is InChI=1S/C27H23ClFNO3/c1-18-26(27(32)33-17-19-6-3-2-4-7-19)24(21-10-12-22(28)13-11-21)15-25(31)30(18)16-20-8-5-9-23(29)14-20/h2-14,24H,15-17H2,1H3. The largest absolute Gasteiger partial charge is 0.457 e. The summed E-state index contributed by atoms with van der Waals surface area (Å²) >= 11 is 6.04. The molecule has 0 saturated heterocycles. The monoisotopic (exact) mass is 463 g/mol. The topological polar surface area (TPSA) is 46.6 Å². The van der Waals surface area contributed by atoms with Crippen molar-refractivity contribution in [2.24, 2.45) is 0 Å². The van der Waals surface area contributed by atoms with Crippen LogP contribution >= 0.6 is 11.6 Å². The fourth-order valence-electron chi connectivity index (χ4n) is 4.07. The van der Waals surface area contributed by atoms with Crippen LogP contribution in [0.15, 0.2) is 90.1 Å². The number of ether oxygens (including phenoxy) is 1. The maximum atomic E-state index is 13.7. The third kappa shape index (κ3) is 5.32. The Morgan fingerprint density at radius 1 is 1.03 bits per heavy atom. The first-order chi connectivity index (χ1) is 15.9. The lowest BCUT2D eigenvalue weighted by Gasteiger charge is -2.34. The van der Waals surface area contributed by atoms with Crippen LogP contribution in [-0.2, 0) is 27.5 Å². The van der Waals surface area contributed by atoms with Gasteiger partial charge in [-0.15, -0.1) is 0 Å². The molecule has 0 fully saturated rings. The van der Waals surface area contributed by atoms with Gasteiger partial charge in [0.05, 0.1) is 12.1 Å². The number of benzene rings is 3. The van der Waals surface area contributed by atoms with Crippen LogP contribution in [0, 0.1) is 5.82 Å². The van der Waals surface area contributed by atoms with Gasteiger partial charge < -0.3 is 9.64 Å². The summed E-state index contributed by atoms with van der Waals surface area (Å²) in [5.41, 5.74) is 3.25. The highest BCUT2D eigenvalue weighted by Gasteiger charge is 2.37. The fraction of sp³-hybridized carbons (Fsp3) is 0.185. The van der Waals surface area contributed by atoms with Gasteiger partial charge in [0.25, 0.3) is 0 Å². The van der Waals surface area contributed by atoms with E-state index in [1.165, 1.54) is 17.0 Å². The average Bonchev–Trinajstić information content (AvgIpc) is 2.81. The molecule has 1 aliphatic rings. The lowest BCUT2D eigenvalue weighted by molar-refractivity contribution is -0.141. The summed E-state index contributed by atoms with van der Waals surface area (Å²) in [6.07, 6.45) is 0.101. The number of hydrogen-bond acceptors (Lipinski definition) is 3. The summed E-state index contributed by atoms with van der Waals surface area (Å²) in [6, 6.07) is 22.6. The quantitative estimate of drug-likeness (QED) is 0.420. The molecule has 0 aliphatic carbocycles. The van der Waals surface area contributed by atoms with E-state index in [1.54, 1.807) is 31.2 Å². The van der Waals surface area contributed by atoms with Crippen LogP contribution in [-0.4, -0.2) is 16.8 Å². The van der Waals surface area contributed by atoms with Gasteiger partial charge in [0.1, 0.15) is 12.4 Å². The second kappa shape index (κ2) is 10.0. The van der Waals surface area contributed by atoms with E-state index < -0.39 is 11.9 Å². The molecule has 0 radical (unpaired) electrons. The molecule has 1 heterocycles. The molecule has 4 rings (SSSR count). The fourth-order valence-corrected chi connectivity index (χ4v) is 4.19.